The molecule has 0 bridgehead atoms. The summed E-state index contributed by atoms with van der Waals surface area (Å²) in [5.41, 5.74) is -3.51. The lowest BCUT2D eigenvalue weighted by Crippen LogP contribution is -2.60. The third-order valence-electron chi connectivity index (χ3n) is 8.97. The summed E-state index contributed by atoms with van der Waals surface area (Å²) in [4.78, 5) is 13.2. The molecule has 234 valence electrons. The molecule has 0 aromatic heterocycles. The molecule has 2 saturated heterocycles. The monoisotopic (exact) mass is 576 g/mol. The Morgan fingerprint density at radius 3 is 2.17 bits per heavy atom. The molecule has 12 heteroatoms. The number of nitrogens with one attached hydrogen (secondary N) is 1. The highest BCUT2D eigenvalue weighted by atomic mass is 16.7. The Morgan fingerprint density at radius 1 is 1.05 bits per heavy atom. The second-order valence-electron chi connectivity index (χ2n) is 12.4. The summed E-state index contributed by atoms with van der Waals surface area (Å²) < 4.78 is 17.8. The third kappa shape index (κ3) is 7.33. The molecular formula is C28H52N2O10. The van der Waals surface area contributed by atoms with Crippen molar-refractivity contribution in [3.8, 4) is 0 Å². The van der Waals surface area contributed by atoms with E-state index in [1.54, 1.807) is 34.7 Å². The number of hydrogen-bond donors (Lipinski definition) is 7. The summed E-state index contributed by atoms with van der Waals surface area (Å²) in [5, 5.41) is 73.0. The molecule has 0 amide bonds. The molecule has 0 aromatic rings. The van der Waals surface area contributed by atoms with Gasteiger partial charge >= 0.3 is 5.97 Å². The molecule has 2 aliphatic heterocycles. The maximum Gasteiger partial charge on any atom is 0.311 e. The van der Waals surface area contributed by atoms with E-state index in [9.17, 15) is 35.5 Å². The molecule has 12 nitrogen and oxygen atoms in total. The summed E-state index contributed by atoms with van der Waals surface area (Å²) in [6.45, 7) is 12.8. The lowest BCUT2D eigenvalue weighted by molar-refractivity contribution is -0.293. The molecule has 2 fully saturated rings. The van der Waals surface area contributed by atoms with Gasteiger partial charge in [0.1, 0.15) is 17.8 Å². The van der Waals surface area contributed by atoms with Gasteiger partial charge in [0.05, 0.1) is 41.6 Å². The SMILES string of the molecule is CC[C@H]1OC(=O)[C@H](C)[C@@H](O)[C@H](C)[C@H](O[C@@H]2O[C@H](C)CC(NC)[C@@H]2O)[C@](C)(O)C[C@H](C)/C(=N\O)[C@@H](C)[C@H](O)[C@]1(C)O. The molecule has 0 radical (unpaired) electrons. The van der Waals surface area contributed by atoms with Gasteiger partial charge in [-0.25, -0.2) is 0 Å². The van der Waals surface area contributed by atoms with Gasteiger partial charge in [0.15, 0.2) is 6.29 Å². The summed E-state index contributed by atoms with van der Waals surface area (Å²) in [6, 6.07) is -0.334. The number of carbonyl (C=O) groups excluding carboxylic acids is 1. The van der Waals surface area contributed by atoms with Crippen molar-refractivity contribution < 1.29 is 49.7 Å². The van der Waals surface area contributed by atoms with Crippen LogP contribution in [-0.4, -0.2) is 110 Å². The largest absolute Gasteiger partial charge is 0.459 e. The number of carbonyl (C=O) groups is 1. The normalized spacial score (nSPS) is 49.4. The highest BCUT2D eigenvalue weighted by Crippen LogP contribution is 2.37. The van der Waals surface area contributed by atoms with Crippen LogP contribution in [0.5, 0.6) is 0 Å². The van der Waals surface area contributed by atoms with Crippen molar-refractivity contribution in [1.82, 2.24) is 5.32 Å². The fraction of sp³-hybridized carbons (Fsp3) is 0.929. The molecule has 14 atom stereocenters. The maximum absolute atomic E-state index is 13.2. The first kappa shape index (κ1) is 34.8. The Hall–Kier alpha value is -1.38. The van der Waals surface area contributed by atoms with E-state index >= 15 is 0 Å². The second-order valence-corrected chi connectivity index (χ2v) is 12.4. The number of cyclic esters (lactones) is 1. The summed E-state index contributed by atoms with van der Waals surface area (Å²) >= 11 is 0. The quantitative estimate of drug-likeness (QED) is 0.142. The molecule has 7 N–H and O–H groups in total. The lowest BCUT2D eigenvalue weighted by atomic mass is 9.73. The Bertz CT molecular complexity index is 868. The fourth-order valence-corrected chi connectivity index (χ4v) is 6.41. The Balaban J connectivity index is 2.59. The molecule has 0 spiro atoms. The van der Waals surface area contributed by atoms with Gasteiger partial charge in [0.25, 0.3) is 0 Å². The number of hydrogen-bond acceptors (Lipinski definition) is 12. The highest BCUT2D eigenvalue weighted by molar-refractivity contribution is 5.88. The number of aliphatic hydroxyl groups is 5. The zero-order valence-electron chi connectivity index (χ0n) is 25.3. The predicted octanol–water partition coefficient (Wildman–Crippen LogP) is 0.779. The van der Waals surface area contributed by atoms with Gasteiger partial charge < -0.3 is 50.3 Å². The molecule has 40 heavy (non-hydrogen) atoms. The van der Waals surface area contributed by atoms with E-state index in [0.717, 1.165) is 0 Å². The van der Waals surface area contributed by atoms with Crippen molar-refractivity contribution >= 4 is 11.7 Å². The van der Waals surface area contributed by atoms with E-state index in [1.165, 1.54) is 20.8 Å². The van der Waals surface area contributed by atoms with Crippen molar-refractivity contribution in [3.05, 3.63) is 0 Å². The summed E-state index contributed by atoms with van der Waals surface area (Å²) in [5.74, 6) is -4.27. The van der Waals surface area contributed by atoms with Crippen molar-refractivity contribution in [2.75, 3.05) is 7.05 Å². The van der Waals surface area contributed by atoms with Gasteiger partial charge in [-0.05, 0) is 54.0 Å². The Kier molecular flexibility index (Phi) is 12.0. The molecule has 0 aromatic carbocycles. The predicted molar refractivity (Wildman–Crippen MR) is 147 cm³/mol. The zero-order chi connectivity index (χ0) is 30.7. The molecule has 1 unspecified atom stereocenters. The minimum atomic E-state index is -1.91. The van der Waals surface area contributed by atoms with E-state index in [0.29, 0.717) is 6.42 Å². The fourth-order valence-electron chi connectivity index (χ4n) is 6.41. The maximum atomic E-state index is 13.2. The van der Waals surface area contributed by atoms with Crippen LogP contribution in [0.2, 0.25) is 0 Å². The molecule has 2 heterocycles. The first-order chi connectivity index (χ1) is 18.4. The van der Waals surface area contributed by atoms with Crippen LogP contribution in [-0.2, 0) is 19.0 Å². The van der Waals surface area contributed by atoms with Crippen LogP contribution in [0, 0.1) is 23.7 Å². The van der Waals surface area contributed by atoms with E-state index in [2.05, 4.69) is 10.5 Å². The first-order valence-electron chi connectivity index (χ1n) is 14.3. The van der Waals surface area contributed by atoms with E-state index in [-0.39, 0.29) is 30.7 Å². The molecule has 0 aliphatic carbocycles. The van der Waals surface area contributed by atoms with E-state index in [1.807, 2.05) is 6.92 Å². The van der Waals surface area contributed by atoms with Crippen LogP contribution in [0.3, 0.4) is 0 Å². The van der Waals surface area contributed by atoms with Crippen molar-refractivity contribution in [2.45, 2.75) is 135 Å². The topological polar surface area (TPSA) is 191 Å². The van der Waals surface area contributed by atoms with Gasteiger partial charge in [-0.3, -0.25) is 4.79 Å². The average Bonchev–Trinajstić information content (AvgIpc) is 2.89. The zero-order valence-corrected chi connectivity index (χ0v) is 25.3. The van der Waals surface area contributed by atoms with Gasteiger partial charge in [-0.1, -0.05) is 32.9 Å². The number of esters is 1. The Labute approximate surface area is 237 Å². The molecule has 2 rings (SSSR count). The number of ether oxygens (including phenoxy) is 3. The molecular weight excluding hydrogens is 524 g/mol. The van der Waals surface area contributed by atoms with Gasteiger partial charge in [-0.15, -0.1) is 0 Å². The van der Waals surface area contributed by atoms with Crippen molar-refractivity contribution in [2.24, 2.45) is 28.8 Å². The third-order valence-corrected chi connectivity index (χ3v) is 8.97. The summed E-state index contributed by atoms with van der Waals surface area (Å²) in [6.07, 6.45) is -6.96. The van der Waals surface area contributed by atoms with Gasteiger partial charge in [-0.2, -0.15) is 0 Å². The number of nitrogens with zero attached hydrogens (tertiary/aromatic N) is 1. The van der Waals surface area contributed by atoms with Crippen LogP contribution < -0.4 is 5.32 Å². The average molecular weight is 577 g/mol. The summed E-state index contributed by atoms with van der Waals surface area (Å²) in [7, 11) is 1.72. The molecule has 0 saturated carbocycles. The van der Waals surface area contributed by atoms with Crippen LogP contribution >= 0.6 is 0 Å². The van der Waals surface area contributed by atoms with Crippen LogP contribution in [0.4, 0.5) is 0 Å². The minimum absolute atomic E-state index is 0.0445. The van der Waals surface area contributed by atoms with Crippen LogP contribution in [0.15, 0.2) is 5.16 Å². The number of rotatable bonds is 4. The Morgan fingerprint density at radius 2 is 1.65 bits per heavy atom. The second kappa shape index (κ2) is 13.7. The number of likely N-dealkylation sites (N-methyl/N-ethyl adjacent to an activating group) is 1. The van der Waals surface area contributed by atoms with Crippen LogP contribution in [0.1, 0.15) is 74.7 Å². The standard InChI is InChI=1S/C28H52N2O10/c1-10-19-28(8,36)23(33)15(4)20(30-37)13(2)12-27(7,35)24(16(5)21(31)17(6)25(34)39-19)40-26-22(32)18(29-9)11-14(3)38-26/h13-19,21-24,26,29,31-33,35-37H,10-12H2,1-9H3/b30-20+/t13-,14+,15+,16-,17+,18?,19+,21-,22-,23-,24-,26-,27+,28+/m0/s1. The highest BCUT2D eigenvalue weighted by Gasteiger charge is 2.50. The van der Waals surface area contributed by atoms with E-state index in [4.69, 9.17) is 14.2 Å². The van der Waals surface area contributed by atoms with Gasteiger partial charge in [0, 0.05) is 23.8 Å². The number of oxime groups is 1. The molecule has 2 aliphatic rings. The van der Waals surface area contributed by atoms with Crippen molar-refractivity contribution in [3.63, 3.8) is 0 Å². The minimum Gasteiger partial charge on any atom is -0.459 e. The smallest absolute Gasteiger partial charge is 0.311 e. The van der Waals surface area contributed by atoms with Crippen molar-refractivity contribution in [1.29, 1.82) is 0 Å². The first-order valence-corrected chi connectivity index (χ1v) is 14.3. The van der Waals surface area contributed by atoms with E-state index < -0.39 is 77.7 Å². The lowest BCUT2D eigenvalue weighted by Gasteiger charge is -2.46. The van der Waals surface area contributed by atoms with Gasteiger partial charge in [0.2, 0.25) is 0 Å². The van der Waals surface area contributed by atoms with Crippen LogP contribution in [0.25, 0.3) is 0 Å². The number of aliphatic hydroxyl groups excluding tert-OH is 3.